The zero-order chi connectivity index (χ0) is 11.7. The maximum atomic E-state index is 11.5. The van der Waals surface area contributed by atoms with Gasteiger partial charge in [-0.05, 0) is 19.8 Å². The molecule has 2 unspecified atom stereocenters. The van der Waals surface area contributed by atoms with E-state index in [1.54, 1.807) is 6.92 Å². The van der Waals surface area contributed by atoms with Crippen LogP contribution in [-0.2, 0) is 9.53 Å². The number of halogens is 3. The number of carbonyl (C=O) groups is 1. The molecule has 6 heteroatoms. The third-order valence-corrected chi connectivity index (χ3v) is 2.90. The third kappa shape index (κ3) is 3.38. The van der Waals surface area contributed by atoms with Crippen LogP contribution < -0.4 is 5.32 Å². The number of hydrogen-bond donors (Lipinski definition) is 1. The monoisotopic (exact) mass is 273 g/mol. The number of alkyl halides is 3. The zero-order valence-corrected chi connectivity index (χ0v) is 10.9. The maximum absolute atomic E-state index is 11.5. The highest BCUT2D eigenvalue weighted by Gasteiger charge is 2.50. The van der Waals surface area contributed by atoms with Crippen LogP contribution in [0.5, 0.6) is 0 Å². The molecule has 15 heavy (non-hydrogen) atoms. The summed E-state index contributed by atoms with van der Waals surface area (Å²) >= 11 is 16.9. The van der Waals surface area contributed by atoms with E-state index in [0.29, 0.717) is 6.42 Å². The predicted molar refractivity (Wildman–Crippen MR) is 61.2 cm³/mol. The highest BCUT2D eigenvalue weighted by atomic mass is 35.6. The van der Waals surface area contributed by atoms with E-state index >= 15 is 0 Å². The van der Waals surface area contributed by atoms with Gasteiger partial charge >= 0.3 is 0 Å². The summed E-state index contributed by atoms with van der Waals surface area (Å²) in [5.74, 6) is -0.367. The largest absolute Gasteiger partial charge is 0.338 e. The summed E-state index contributed by atoms with van der Waals surface area (Å²) in [6, 6.07) is 0. The molecule has 2 atom stereocenters. The Hall–Kier alpha value is 0.300. The highest BCUT2D eigenvalue weighted by molar-refractivity contribution is 6.68. The molecule has 1 fully saturated rings. The average Bonchev–Trinajstić information content (AvgIpc) is 2.39. The van der Waals surface area contributed by atoms with Crippen LogP contribution in [0.3, 0.4) is 0 Å². The van der Waals surface area contributed by atoms with Crippen LogP contribution in [0.25, 0.3) is 0 Å². The van der Waals surface area contributed by atoms with Gasteiger partial charge in [0.05, 0.1) is 0 Å². The second-order valence-electron chi connectivity index (χ2n) is 3.86. The number of ether oxygens (including phenoxy) is 1. The molecule has 0 bridgehead atoms. The van der Waals surface area contributed by atoms with Crippen LogP contribution in [0.4, 0.5) is 0 Å². The minimum atomic E-state index is -1.71. The Bertz CT molecular complexity index is 254. The van der Waals surface area contributed by atoms with E-state index in [-0.39, 0.29) is 5.91 Å². The van der Waals surface area contributed by atoms with Crippen molar-refractivity contribution in [3.63, 3.8) is 0 Å². The maximum Gasteiger partial charge on any atom is 0.255 e. The van der Waals surface area contributed by atoms with Crippen LogP contribution in [0, 0.1) is 0 Å². The number of unbranched alkanes of at least 4 members (excludes halogenated alkanes) is 1. The Balaban J connectivity index is 2.66. The van der Waals surface area contributed by atoms with Gasteiger partial charge in [0.15, 0.2) is 6.10 Å². The summed E-state index contributed by atoms with van der Waals surface area (Å²) in [5.41, 5.74) is -0.707. The Morgan fingerprint density at radius 1 is 1.53 bits per heavy atom. The molecule has 0 aliphatic carbocycles. The van der Waals surface area contributed by atoms with Crippen LogP contribution >= 0.6 is 34.8 Å². The topological polar surface area (TPSA) is 38.3 Å². The van der Waals surface area contributed by atoms with Gasteiger partial charge in [-0.3, -0.25) is 4.79 Å². The summed E-state index contributed by atoms with van der Waals surface area (Å²) in [6.45, 7) is 3.85. The standard InChI is InChI=1S/C9H14Cl3NO2/c1-3-4-5-8(2)13-7(14)6(15-8)9(10,11)12/h6H,3-5H2,1-2H3,(H,13,14). The van der Waals surface area contributed by atoms with E-state index in [4.69, 9.17) is 39.5 Å². The molecule has 1 N–H and O–H groups in total. The first-order valence-corrected chi connectivity index (χ1v) is 5.98. The molecule has 1 amide bonds. The first-order chi connectivity index (χ1) is 6.78. The summed E-state index contributed by atoms with van der Waals surface area (Å²) in [6.07, 6.45) is 1.66. The lowest BCUT2D eigenvalue weighted by molar-refractivity contribution is -0.123. The molecule has 0 aromatic carbocycles. The van der Waals surface area contributed by atoms with Crippen molar-refractivity contribution in [1.82, 2.24) is 5.32 Å². The summed E-state index contributed by atoms with van der Waals surface area (Å²) in [7, 11) is 0. The molecule has 88 valence electrons. The van der Waals surface area contributed by atoms with Crippen molar-refractivity contribution in [2.24, 2.45) is 0 Å². The number of hydrogen-bond acceptors (Lipinski definition) is 2. The molecule has 0 spiro atoms. The molecule has 3 nitrogen and oxygen atoms in total. The van der Waals surface area contributed by atoms with Crippen LogP contribution in [-0.4, -0.2) is 21.5 Å². The smallest absolute Gasteiger partial charge is 0.255 e. The summed E-state index contributed by atoms with van der Waals surface area (Å²) < 4.78 is 3.76. The minimum Gasteiger partial charge on any atom is -0.338 e. The van der Waals surface area contributed by atoms with Gasteiger partial charge in [0.2, 0.25) is 3.79 Å². The molecule has 1 aliphatic rings. The fourth-order valence-corrected chi connectivity index (χ4v) is 1.95. The molecular weight excluding hydrogens is 260 g/mol. The lowest BCUT2D eigenvalue weighted by atomic mass is 10.1. The fourth-order valence-electron chi connectivity index (χ4n) is 1.52. The van der Waals surface area contributed by atoms with E-state index < -0.39 is 15.6 Å². The van der Waals surface area contributed by atoms with E-state index in [1.807, 2.05) is 0 Å². The molecular formula is C9H14Cl3NO2. The second kappa shape index (κ2) is 4.66. The Labute approximate surface area is 104 Å². The van der Waals surface area contributed by atoms with Crippen LogP contribution in [0.1, 0.15) is 33.1 Å². The second-order valence-corrected chi connectivity index (χ2v) is 6.23. The highest BCUT2D eigenvalue weighted by Crippen LogP contribution is 2.38. The molecule has 0 aromatic rings. The number of carbonyl (C=O) groups excluding carboxylic acids is 1. The normalized spacial score (nSPS) is 31.8. The van der Waals surface area contributed by atoms with Gasteiger partial charge in [0.1, 0.15) is 5.72 Å². The Morgan fingerprint density at radius 2 is 2.13 bits per heavy atom. The molecule has 1 aliphatic heterocycles. The van der Waals surface area contributed by atoms with Gasteiger partial charge in [0.25, 0.3) is 5.91 Å². The zero-order valence-electron chi connectivity index (χ0n) is 8.65. The third-order valence-electron chi connectivity index (χ3n) is 2.31. The Kier molecular flexibility index (Phi) is 4.15. The van der Waals surface area contributed by atoms with Gasteiger partial charge in [0, 0.05) is 0 Å². The van der Waals surface area contributed by atoms with E-state index in [2.05, 4.69) is 12.2 Å². The lowest BCUT2D eigenvalue weighted by Gasteiger charge is -2.25. The lowest BCUT2D eigenvalue weighted by Crippen LogP contribution is -2.39. The number of nitrogens with one attached hydrogen (secondary N) is 1. The van der Waals surface area contributed by atoms with Gasteiger partial charge in [-0.25, -0.2) is 0 Å². The average molecular weight is 275 g/mol. The first kappa shape index (κ1) is 13.4. The van der Waals surface area contributed by atoms with Crippen molar-refractivity contribution in [1.29, 1.82) is 0 Å². The van der Waals surface area contributed by atoms with Gasteiger partial charge in [-0.15, -0.1) is 0 Å². The van der Waals surface area contributed by atoms with Crippen LogP contribution in [0.2, 0.25) is 0 Å². The summed E-state index contributed by atoms with van der Waals surface area (Å²) in [4.78, 5) is 11.5. The molecule has 1 saturated heterocycles. The Morgan fingerprint density at radius 3 is 2.53 bits per heavy atom. The molecule has 1 heterocycles. The molecule has 1 rings (SSSR count). The van der Waals surface area contributed by atoms with E-state index in [9.17, 15) is 4.79 Å². The van der Waals surface area contributed by atoms with Gasteiger partial charge < -0.3 is 10.1 Å². The molecule has 0 radical (unpaired) electrons. The van der Waals surface area contributed by atoms with Gasteiger partial charge in [-0.1, -0.05) is 48.1 Å². The quantitative estimate of drug-likeness (QED) is 0.804. The SMILES string of the molecule is CCCCC1(C)NC(=O)C(C(Cl)(Cl)Cl)O1. The van der Waals surface area contributed by atoms with E-state index in [1.165, 1.54) is 0 Å². The minimum absolute atomic E-state index is 0.367. The van der Waals surface area contributed by atoms with Crippen molar-refractivity contribution >= 4 is 40.7 Å². The first-order valence-electron chi connectivity index (χ1n) is 4.85. The predicted octanol–water partition coefficient (Wildman–Crippen LogP) is 2.78. The van der Waals surface area contributed by atoms with Crippen molar-refractivity contribution in [3.05, 3.63) is 0 Å². The van der Waals surface area contributed by atoms with Crippen molar-refractivity contribution in [3.8, 4) is 0 Å². The van der Waals surface area contributed by atoms with Crippen molar-refractivity contribution < 1.29 is 9.53 Å². The number of rotatable bonds is 3. The summed E-state index contributed by atoms with van der Waals surface area (Å²) in [5, 5.41) is 2.71. The van der Waals surface area contributed by atoms with Gasteiger partial charge in [-0.2, -0.15) is 0 Å². The fraction of sp³-hybridized carbons (Fsp3) is 0.889. The number of amides is 1. The van der Waals surface area contributed by atoms with E-state index in [0.717, 1.165) is 12.8 Å². The van der Waals surface area contributed by atoms with Crippen LogP contribution in [0.15, 0.2) is 0 Å². The molecule has 0 saturated carbocycles. The van der Waals surface area contributed by atoms with Crippen molar-refractivity contribution in [2.45, 2.75) is 48.7 Å². The molecule has 0 aromatic heterocycles. The van der Waals surface area contributed by atoms with Crippen molar-refractivity contribution in [2.75, 3.05) is 0 Å².